The van der Waals surface area contributed by atoms with Gasteiger partial charge in [-0.1, -0.05) is 0 Å². The van der Waals surface area contributed by atoms with Gasteiger partial charge in [0.15, 0.2) is 17.3 Å². The lowest BCUT2D eigenvalue weighted by Gasteiger charge is -2.19. The van der Waals surface area contributed by atoms with Gasteiger partial charge in [-0.15, -0.1) is 0 Å². The van der Waals surface area contributed by atoms with E-state index in [1.807, 2.05) is 6.07 Å². The molecule has 1 aromatic carbocycles. The maximum Gasteiger partial charge on any atom is 0.271 e. The molecule has 164 valence electrons. The molecular weight excluding hydrogens is 404 g/mol. The molecule has 3 rings (SSSR count). The highest BCUT2D eigenvalue weighted by atomic mass is 16.5. The van der Waals surface area contributed by atoms with Crippen molar-refractivity contribution < 1.29 is 28.8 Å². The Morgan fingerprint density at radius 2 is 1.90 bits per heavy atom. The summed E-state index contributed by atoms with van der Waals surface area (Å²) in [5, 5.41) is 20.4. The summed E-state index contributed by atoms with van der Waals surface area (Å²) in [5.74, 6) is -0.266. The summed E-state index contributed by atoms with van der Waals surface area (Å²) in [7, 11) is 4.28. The first-order chi connectivity index (χ1) is 14.9. The third-order valence-corrected chi connectivity index (χ3v) is 5.36. The Hall–Kier alpha value is -3.51. The standard InChI is InChI=1S/C22H24N2O7/c1-12-15(10-23)21(26)24(11-14-6-5-7-31-14)22(27)18(12)19(25)13-8-16(28-2)20(30-4)17(9-13)29-3/h8-9,14,27H,5-7,11H2,1-4H3. The number of aromatic nitrogens is 1. The molecule has 1 aromatic heterocycles. The quantitative estimate of drug-likeness (QED) is 0.666. The molecule has 1 unspecified atom stereocenters. The lowest BCUT2D eigenvalue weighted by Crippen LogP contribution is -2.30. The van der Waals surface area contributed by atoms with E-state index in [2.05, 4.69) is 0 Å². The summed E-state index contributed by atoms with van der Waals surface area (Å²) in [4.78, 5) is 26.2. The normalized spacial score (nSPS) is 15.4. The molecule has 0 spiro atoms. The smallest absolute Gasteiger partial charge is 0.271 e. The molecule has 1 atom stereocenters. The van der Waals surface area contributed by atoms with Crippen LogP contribution in [0.2, 0.25) is 0 Å². The second-order valence-corrected chi connectivity index (χ2v) is 7.10. The van der Waals surface area contributed by atoms with E-state index in [4.69, 9.17) is 18.9 Å². The molecule has 1 aliphatic heterocycles. The lowest BCUT2D eigenvalue weighted by atomic mass is 9.96. The van der Waals surface area contributed by atoms with Crippen LogP contribution in [0.4, 0.5) is 0 Å². The molecule has 0 aliphatic carbocycles. The Labute approximate surface area is 179 Å². The number of aromatic hydroxyl groups is 1. The van der Waals surface area contributed by atoms with Crippen molar-refractivity contribution in [2.75, 3.05) is 27.9 Å². The molecule has 0 bridgehead atoms. The van der Waals surface area contributed by atoms with Crippen LogP contribution < -0.4 is 19.8 Å². The predicted octanol–water partition coefficient (Wildman–Crippen LogP) is 2.17. The SMILES string of the molecule is COc1cc(C(=O)c2c(C)c(C#N)c(=O)n(CC3CCCO3)c2O)cc(OC)c1OC. The van der Waals surface area contributed by atoms with Crippen LogP contribution in [0.5, 0.6) is 23.1 Å². The van der Waals surface area contributed by atoms with Crippen molar-refractivity contribution in [2.45, 2.75) is 32.4 Å². The summed E-state index contributed by atoms with van der Waals surface area (Å²) in [6, 6.07) is 4.76. The van der Waals surface area contributed by atoms with Crippen LogP contribution in [0.25, 0.3) is 0 Å². The Kier molecular flexibility index (Phi) is 6.51. The molecule has 1 saturated heterocycles. The highest BCUT2D eigenvalue weighted by Crippen LogP contribution is 2.39. The number of carbonyl (C=O) groups excluding carboxylic acids is 1. The molecule has 9 heteroatoms. The minimum Gasteiger partial charge on any atom is -0.494 e. The zero-order valence-corrected chi connectivity index (χ0v) is 17.9. The van der Waals surface area contributed by atoms with E-state index in [0.717, 1.165) is 17.4 Å². The van der Waals surface area contributed by atoms with E-state index in [1.165, 1.54) is 40.4 Å². The average Bonchev–Trinajstić information content (AvgIpc) is 3.29. The lowest BCUT2D eigenvalue weighted by molar-refractivity contribution is 0.0929. The number of carbonyl (C=O) groups is 1. The van der Waals surface area contributed by atoms with E-state index in [9.17, 15) is 20.0 Å². The third-order valence-electron chi connectivity index (χ3n) is 5.36. The average molecular weight is 428 g/mol. The number of ether oxygens (including phenoxy) is 4. The van der Waals surface area contributed by atoms with Gasteiger partial charge in [-0.3, -0.25) is 14.2 Å². The van der Waals surface area contributed by atoms with Crippen molar-refractivity contribution in [1.82, 2.24) is 4.57 Å². The third kappa shape index (κ3) is 3.94. The number of nitriles is 1. The number of hydrogen-bond donors (Lipinski definition) is 1. The number of hydrogen-bond acceptors (Lipinski definition) is 8. The minimum absolute atomic E-state index is 0.0508. The highest BCUT2D eigenvalue weighted by molar-refractivity contribution is 6.12. The summed E-state index contributed by atoms with van der Waals surface area (Å²) < 4.78 is 22.5. The number of pyridine rings is 1. The zero-order chi connectivity index (χ0) is 22.7. The van der Waals surface area contributed by atoms with Gasteiger partial charge >= 0.3 is 0 Å². The molecular formula is C22H24N2O7. The molecule has 1 fully saturated rings. The fourth-order valence-electron chi connectivity index (χ4n) is 3.74. The number of ketones is 1. The van der Waals surface area contributed by atoms with E-state index in [-0.39, 0.29) is 46.4 Å². The number of methoxy groups -OCH3 is 3. The molecule has 2 heterocycles. The minimum atomic E-state index is -0.658. The fourth-order valence-corrected chi connectivity index (χ4v) is 3.74. The van der Waals surface area contributed by atoms with Gasteiger partial charge in [-0.05, 0) is 37.5 Å². The van der Waals surface area contributed by atoms with Crippen molar-refractivity contribution in [3.8, 4) is 29.2 Å². The Balaban J connectivity index is 2.19. The van der Waals surface area contributed by atoms with Crippen LogP contribution in [0.3, 0.4) is 0 Å². The van der Waals surface area contributed by atoms with Gasteiger partial charge in [-0.2, -0.15) is 5.26 Å². The maximum absolute atomic E-state index is 13.4. The van der Waals surface area contributed by atoms with E-state index >= 15 is 0 Å². The second-order valence-electron chi connectivity index (χ2n) is 7.10. The van der Waals surface area contributed by atoms with Gasteiger partial charge in [0.05, 0.1) is 39.5 Å². The molecule has 1 N–H and O–H groups in total. The molecule has 2 aromatic rings. The molecule has 0 amide bonds. The molecule has 9 nitrogen and oxygen atoms in total. The summed E-state index contributed by atoms with van der Waals surface area (Å²) in [5.41, 5.74) is -0.754. The van der Waals surface area contributed by atoms with Crippen LogP contribution in [0.15, 0.2) is 16.9 Å². The predicted molar refractivity (Wildman–Crippen MR) is 110 cm³/mol. The highest BCUT2D eigenvalue weighted by Gasteiger charge is 2.28. The van der Waals surface area contributed by atoms with Crippen LogP contribution >= 0.6 is 0 Å². The second kappa shape index (κ2) is 9.10. The largest absolute Gasteiger partial charge is 0.494 e. The van der Waals surface area contributed by atoms with Gasteiger partial charge < -0.3 is 24.1 Å². The van der Waals surface area contributed by atoms with E-state index in [0.29, 0.717) is 12.4 Å². The zero-order valence-electron chi connectivity index (χ0n) is 17.9. The molecule has 1 aliphatic rings. The first-order valence-electron chi connectivity index (χ1n) is 9.70. The van der Waals surface area contributed by atoms with Crippen molar-refractivity contribution >= 4 is 5.78 Å². The summed E-state index contributed by atoms with van der Waals surface area (Å²) >= 11 is 0. The Morgan fingerprint density at radius 1 is 1.26 bits per heavy atom. The topological polar surface area (TPSA) is 120 Å². The van der Waals surface area contributed by atoms with Gasteiger partial charge in [0, 0.05) is 12.2 Å². The number of nitrogens with zero attached hydrogens (tertiary/aromatic N) is 2. The van der Waals surface area contributed by atoms with Crippen LogP contribution in [0, 0.1) is 18.3 Å². The van der Waals surface area contributed by atoms with E-state index in [1.54, 1.807) is 0 Å². The van der Waals surface area contributed by atoms with Crippen LogP contribution in [0.1, 0.15) is 39.9 Å². The summed E-state index contributed by atoms with van der Waals surface area (Å²) in [6.07, 6.45) is 1.29. The Morgan fingerprint density at radius 3 is 2.39 bits per heavy atom. The van der Waals surface area contributed by atoms with Gasteiger partial charge in [-0.25, -0.2) is 0 Å². The fraction of sp³-hybridized carbons (Fsp3) is 0.409. The van der Waals surface area contributed by atoms with Crippen molar-refractivity contribution in [3.05, 3.63) is 44.7 Å². The Bertz CT molecular complexity index is 1080. The van der Waals surface area contributed by atoms with E-state index < -0.39 is 17.2 Å². The van der Waals surface area contributed by atoms with Gasteiger partial charge in [0.25, 0.3) is 5.56 Å². The first-order valence-corrected chi connectivity index (χ1v) is 9.70. The molecule has 31 heavy (non-hydrogen) atoms. The maximum atomic E-state index is 13.4. The van der Waals surface area contributed by atoms with Crippen LogP contribution in [-0.2, 0) is 11.3 Å². The molecule has 0 saturated carbocycles. The van der Waals surface area contributed by atoms with Crippen molar-refractivity contribution in [3.63, 3.8) is 0 Å². The van der Waals surface area contributed by atoms with Crippen LogP contribution in [-0.4, -0.2) is 49.5 Å². The monoisotopic (exact) mass is 428 g/mol. The molecule has 0 radical (unpaired) electrons. The van der Waals surface area contributed by atoms with Crippen molar-refractivity contribution in [1.29, 1.82) is 5.26 Å². The summed E-state index contributed by atoms with van der Waals surface area (Å²) in [6.45, 7) is 2.07. The number of benzene rings is 1. The van der Waals surface area contributed by atoms with Gasteiger partial charge in [0.2, 0.25) is 11.6 Å². The number of rotatable bonds is 7. The first kappa shape index (κ1) is 22.2. The van der Waals surface area contributed by atoms with Crippen molar-refractivity contribution in [2.24, 2.45) is 0 Å². The van der Waals surface area contributed by atoms with Gasteiger partial charge in [0.1, 0.15) is 11.6 Å².